The molecule has 0 radical (unpaired) electrons. The number of amides is 3. The molecular formula is C28H25N3O6. The first-order valence-electron chi connectivity index (χ1n) is 12.4. The summed E-state index contributed by atoms with van der Waals surface area (Å²) in [6.07, 6.45) is 5.08. The number of carbonyl (C=O) groups is 4. The Labute approximate surface area is 212 Å². The van der Waals surface area contributed by atoms with E-state index in [2.05, 4.69) is 0 Å². The Morgan fingerprint density at radius 1 is 0.919 bits per heavy atom. The minimum Gasteiger partial charge on any atom is -0.292 e. The van der Waals surface area contributed by atoms with Gasteiger partial charge >= 0.3 is 0 Å². The number of nitro benzene ring substituents is 1. The molecule has 2 aromatic rings. The molecule has 0 aromatic heterocycles. The van der Waals surface area contributed by atoms with Crippen molar-refractivity contribution < 1.29 is 24.1 Å². The van der Waals surface area contributed by atoms with Gasteiger partial charge in [0.05, 0.1) is 16.8 Å². The molecule has 5 aliphatic rings. The second-order valence-corrected chi connectivity index (χ2v) is 10.5. The van der Waals surface area contributed by atoms with Crippen LogP contribution in [0.2, 0.25) is 0 Å². The molecule has 0 spiro atoms. The summed E-state index contributed by atoms with van der Waals surface area (Å²) in [6.45, 7) is 3.29. The van der Waals surface area contributed by atoms with E-state index in [4.69, 9.17) is 0 Å². The number of benzene rings is 2. The number of imide groups is 1. The summed E-state index contributed by atoms with van der Waals surface area (Å²) in [5.74, 6) is -2.42. The van der Waals surface area contributed by atoms with Crippen molar-refractivity contribution in [3.05, 3.63) is 87.0 Å². The molecule has 2 aromatic carbocycles. The number of carbonyl (C=O) groups excluding carboxylic acids is 4. The summed E-state index contributed by atoms with van der Waals surface area (Å²) < 4.78 is 0. The number of nitrogens with zero attached hydrogens (tertiary/aromatic N) is 3. The molecule has 188 valence electrons. The SMILES string of the molecule is Cc1ccc(C(=O)CN(C(=O)c2ccc([N+](=O)[O-])cc2)N2C(=O)[C@@H]3[C@H]4C=C[C@@H]([C@@H]5C[C@H]45)[C@H]3C2=O)cc1C. The first-order valence-corrected chi connectivity index (χ1v) is 12.4. The lowest BCUT2D eigenvalue weighted by Gasteiger charge is -2.37. The molecule has 0 unspecified atom stereocenters. The van der Waals surface area contributed by atoms with Gasteiger partial charge in [-0.3, -0.25) is 29.3 Å². The molecular weight excluding hydrogens is 474 g/mol. The highest BCUT2D eigenvalue weighted by atomic mass is 16.6. The van der Waals surface area contributed by atoms with E-state index in [1.165, 1.54) is 24.3 Å². The molecule has 1 heterocycles. The van der Waals surface area contributed by atoms with Crippen LogP contribution >= 0.6 is 0 Å². The third-order valence-corrected chi connectivity index (χ3v) is 8.56. The second kappa shape index (κ2) is 8.19. The molecule has 9 nitrogen and oxygen atoms in total. The molecule has 0 N–H and O–H groups in total. The molecule has 1 saturated heterocycles. The lowest BCUT2D eigenvalue weighted by Crippen LogP contribution is -2.52. The number of hydrogen-bond acceptors (Lipinski definition) is 6. The number of nitro groups is 1. The largest absolute Gasteiger partial charge is 0.292 e. The maximum absolute atomic E-state index is 13.7. The van der Waals surface area contributed by atoms with Crippen LogP contribution in [0.15, 0.2) is 54.6 Å². The van der Waals surface area contributed by atoms with E-state index in [0.29, 0.717) is 17.4 Å². The van der Waals surface area contributed by atoms with E-state index in [9.17, 15) is 29.3 Å². The average Bonchev–Trinajstić information content (AvgIpc) is 3.67. The predicted octanol–water partition coefficient (Wildman–Crippen LogP) is 3.50. The molecule has 9 heteroatoms. The van der Waals surface area contributed by atoms with E-state index < -0.39 is 46.8 Å². The Morgan fingerprint density at radius 3 is 2.03 bits per heavy atom. The minimum absolute atomic E-state index is 0.0340. The fourth-order valence-corrected chi connectivity index (χ4v) is 6.43. The van der Waals surface area contributed by atoms with Gasteiger partial charge in [0.15, 0.2) is 5.78 Å². The van der Waals surface area contributed by atoms with Gasteiger partial charge in [-0.05, 0) is 73.3 Å². The maximum Gasteiger partial charge on any atom is 0.273 e. The summed E-state index contributed by atoms with van der Waals surface area (Å²) in [7, 11) is 0. The fourth-order valence-electron chi connectivity index (χ4n) is 6.43. The quantitative estimate of drug-likeness (QED) is 0.197. The summed E-state index contributed by atoms with van der Waals surface area (Å²) in [5, 5.41) is 12.9. The third-order valence-electron chi connectivity index (χ3n) is 8.56. The van der Waals surface area contributed by atoms with Crippen molar-refractivity contribution in [3.8, 4) is 0 Å². The summed E-state index contributed by atoms with van der Waals surface area (Å²) in [4.78, 5) is 65.0. The fraction of sp³-hybridized carbons (Fsp3) is 0.357. The number of non-ortho nitro benzene ring substituents is 1. The van der Waals surface area contributed by atoms with Crippen molar-refractivity contribution in [1.29, 1.82) is 0 Å². The number of aryl methyl sites for hydroxylation is 2. The highest BCUT2D eigenvalue weighted by Gasteiger charge is 2.68. The van der Waals surface area contributed by atoms with Gasteiger partial charge in [-0.25, -0.2) is 5.01 Å². The van der Waals surface area contributed by atoms with Gasteiger partial charge in [0, 0.05) is 23.3 Å². The Morgan fingerprint density at radius 2 is 1.49 bits per heavy atom. The van der Waals surface area contributed by atoms with Crippen LogP contribution in [-0.2, 0) is 9.59 Å². The van der Waals surface area contributed by atoms with Crippen LogP contribution in [0.25, 0.3) is 0 Å². The van der Waals surface area contributed by atoms with E-state index in [1.54, 1.807) is 18.2 Å². The lowest BCUT2D eigenvalue weighted by molar-refractivity contribution is -0.384. The monoisotopic (exact) mass is 499 g/mol. The number of hydrazine groups is 1. The maximum atomic E-state index is 13.7. The highest BCUT2D eigenvalue weighted by molar-refractivity contribution is 6.10. The zero-order valence-corrected chi connectivity index (χ0v) is 20.4. The zero-order valence-electron chi connectivity index (χ0n) is 20.4. The topological polar surface area (TPSA) is 118 Å². The van der Waals surface area contributed by atoms with Gasteiger partial charge in [-0.2, -0.15) is 5.01 Å². The van der Waals surface area contributed by atoms with Crippen molar-refractivity contribution >= 4 is 29.2 Å². The van der Waals surface area contributed by atoms with Crippen LogP contribution in [0.4, 0.5) is 5.69 Å². The normalized spacial score (nSPS) is 28.6. The van der Waals surface area contributed by atoms with Crippen LogP contribution in [0.3, 0.4) is 0 Å². The average molecular weight is 500 g/mol. The van der Waals surface area contributed by atoms with Crippen LogP contribution < -0.4 is 0 Å². The van der Waals surface area contributed by atoms with Gasteiger partial charge in [0.25, 0.3) is 23.4 Å². The highest BCUT2D eigenvalue weighted by Crippen LogP contribution is 2.65. The number of Topliss-reactive ketones (excluding diaryl/α,β-unsaturated/α-hetero) is 1. The number of hydrogen-bond donors (Lipinski definition) is 0. The molecule has 2 saturated carbocycles. The first-order chi connectivity index (χ1) is 17.7. The van der Waals surface area contributed by atoms with Gasteiger partial charge in [0.2, 0.25) is 0 Å². The van der Waals surface area contributed by atoms with Gasteiger partial charge in [-0.15, -0.1) is 0 Å². The molecule has 37 heavy (non-hydrogen) atoms. The van der Waals surface area contributed by atoms with E-state index in [-0.39, 0.29) is 23.1 Å². The van der Waals surface area contributed by atoms with Crippen LogP contribution in [-0.4, -0.2) is 45.0 Å². The molecule has 1 aliphatic heterocycles. The summed E-state index contributed by atoms with van der Waals surface area (Å²) >= 11 is 0. The van der Waals surface area contributed by atoms with Crippen molar-refractivity contribution in [2.45, 2.75) is 20.3 Å². The standard InChI is InChI=1S/C28H25N3O6/c1-14-3-4-17(11-15(14)2)23(32)13-29(26(33)16-5-7-18(8-6-16)31(36)37)30-27(34)24-19-9-10-20(22-12-21(19)22)25(24)28(30)35/h3-11,19-22,24-25H,12-13H2,1-2H3/t19-,20-,21-,22+,24+,25+/m0/s1. The molecule has 7 rings (SSSR count). The molecule has 2 bridgehead atoms. The Hall–Kier alpha value is -4.14. The lowest BCUT2D eigenvalue weighted by atomic mass is 9.63. The molecule has 3 fully saturated rings. The zero-order chi connectivity index (χ0) is 26.2. The number of ketones is 1. The predicted molar refractivity (Wildman–Crippen MR) is 131 cm³/mol. The van der Waals surface area contributed by atoms with Gasteiger partial charge in [0.1, 0.15) is 6.54 Å². The van der Waals surface area contributed by atoms with E-state index in [1.807, 2.05) is 26.0 Å². The van der Waals surface area contributed by atoms with Crippen LogP contribution in [0.5, 0.6) is 0 Å². The molecule has 3 amide bonds. The number of rotatable bonds is 6. The Bertz CT molecular complexity index is 1380. The second-order valence-electron chi connectivity index (χ2n) is 10.5. The molecule has 6 atom stereocenters. The minimum atomic E-state index is -0.738. The number of allylic oxidation sites excluding steroid dienone is 2. The van der Waals surface area contributed by atoms with Crippen molar-refractivity contribution in [2.24, 2.45) is 35.5 Å². The molecule has 4 aliphatic carbocycles. The van der Waals surface area contributed by atoms with Crippen molar-refractivity contribution in [1.82, 2.24) is 10.0 Å². The van der Waals surface area contributed by atoms with Crippen LogP contribution in [0, 0.1) is 59.5 Å². The smallest absolute Gasteiger partial charge is 0.273 e. The Kier molecular flexibility index (Phi) is 5.15. The van der Waals surface area contributed by atoms with Crippen molar-refractivity contribution in [3.63, 3.8) is 0 Å². The van der Waals surface area contributed by atoms with Gasteiger partial charge in [-0.1, -0.05) is 24.3 Å². The van der Waals surface area contributed by atoms with E-state index in [0.717, 1.165) is 27.6 Å². The summed E-state index contributed by atoms with van der Waals surface area (Å²) in [6, 6.07) is 10.1. The van der Waals surface area contributed by atoms with E-state index >= 15 is 0 Å². The van der Waals surface area contributed by atoms with Crippen LogP contribution in [0.1, 0.15) is 38.3 Å². The first kappa shape index (κ1) is 23.3. The van der Waals surface area contributed by atoms with Crippen molar-refractivity contribution in [2.75, 3.05) is 6.54 Å². The van der Waals surface area contributed by atoms with Gasteiger partial charge < -0.3 is 0 Å². The summed E-state index contributed by atoms with van der Waals surface area (Å²) in [5.41, 5.74) is 2.11. The third kappa shape index (κ3) is 3.52. The Balaban J connectivity index is 1.36.